The Bertz CT molecular complexity index is 244. The van der Waals surface area contributed by atoms with Gasteiger partial charge in [0, 0.05) is 25.9 Å². The standard InChI is InChI=1S/C16H34O6Si/c1-5-9-16-23(20-13-10-17-6-2,21-14-11-18-7-3)22-15-12-19-8-4/h5,9H,6-8,10-16H2,1-4H3. The Morgan fingerprint density at radius 3 is 1.35 bits per heavy atom. The third-order valence-corrected chi connectivity index (χ3v) is 5.53. The maximum absolute atomic E-state index is 6.00. The molecule has 0 aromatic carbocycles. The van der Waals surface area contributed by atoms with Crippen LogP contribution in [0.4, 0.5) is 0 Å². The summed E-state index contributed by atoms with van der Waals surface area (Å²) in [5.74, 6) is 0. The molecule has 23 heavy (non-hydrogen) atoms. The number of hydrogen-bond acceptors (Lipinski definition) is 6. The second-order valence-corrected chi connectivity index (χ2v) is 7.23. The van der Waals surface area contributed by atoms with E-state index in [1.54, 1.807) is 0 Å². The summed E-state index contributed by atoms with van der Waals surface area (Å²) in [4.78, 5) is 0. The molecule has 0 radical (unpaired) electrons. The molecule has 0 aliphatic heterocycles. The van der Waals surface area contributed by atoms with Crippen molar-refractivity contribution in [2.24, 2.45) is 0 Å². The van der Waals surface area contributed by atoms with E-state index < -0.39 is 8.80 Å². The molecule has 0 unspecified atom stereocenters. The monoisotopic (exact) mass is 350 g/mol. The van der Waals surface area contributed by atoms with Gasteiger partial charge in [0.2, 0.25) is 0 Å². The second kappa shape index (κ2) is 16.6. The highest BCUT2D eigenvalue weighted by Gasteiger charge is 2.40. The fraction of sp³-hybridized carbons (Fsp3) is 0.875. The number of rotatable bonds is 17. The Morgan fingerprint density at radius 1 is 0.652 bits per heavy atom. The molecule has 0 N–H and O–H groups in total. The molecule has 0 saturated heterocycles. The number of allylic oxidation sites excluding steroid dienone is 2. The summed E-state index contributed by atoms with van der Waals surface area (Å²) in [6.07, 6.45) is 4.00. The third kappa shape index (κ3) is 12.8. The molecule has 0 rings (SSSR count). The van der Waals surface area contributed by atoms with Crippen LogP contribution in [0.2, 0.25) is 6.04 Å². The van der Waals surface area contributed by atoms with Crippen molar-refractivity contribution >= 4 is 8.80 Å². The summed E-state index contributed by atoms with van der Waals surface area (Å²) in [7, 11) is -2.79. The van der Waals surface area contributed by atoms with Crippen LogP contribution < -0.4 is 0 Å². The average molecular weight is 351 g/mol. The van der Waals surface area contributed by atoms with Crippen LogP contribution in [0.5, 0.6) is 0 Å². The molecule has 0 bridgehead atoms. The Morgan fingerprint density at radius 2 is 1.04 bits per heavy atom. The predicted octanol–water partition coefficient (Wildman–Crippen LogP) is 2.66. The van der Waals surface area contributed by atoms with Gasteiger partial charge in [-0.25, -0.2) is 0 Å². The van der Waals surface area contributed by atoms with Gasteiger partial charge in [0.05, 0.1) is 39.6 Å². The summed E-state index contributed by atoms with van der Waals surface area (Å²) >= 11 is 0. The maximum atomic E-state index is 6.00. The predicted molar refractivity (Wildman–Crippen MR) is 92.7 cm³/mol. The van der Waals surface area contributed by atoms with Crippen LogP contribution in [0.1, 0.15) is 27.7 Å². The zero-order valence-corrected chi connectivity index (χ0v) is 16.2. The van der Waals surface area contributed by atoms with Crippen molar-refractivity contribution in [2.75, 3.05) is 59.5 Å². The Kier molecular flexibility index (Phi) is 16.4. The van der Waals surface area contributed by atoms with Crippen LogP contribution >= 0.6 is 0 Å². The van der Waals surface area contributed by atoms with Gasteiger partial charge < -0.3 is 27.5 Å². The first-order valence-electron chi connectivity index (χ1n) is 8.50. The third-order valence-electron chi connectivity index (χ3n) is 2.86. The Hall–Kier alpha value is -0.283. The lowest BCUT2D eigenvalue weighted by molar-refractivity contribution is 0.00514. The van der Waals surface area contributed by atoms with Gasteiger partial charge in [0.15, 0.2) is 0 Å². The lowest BCUT2D eigenvalue weighted by atomic mass is 10.6. The van der Waals surface area contributed by atoms with Gasteiger partial charge in [-0.2, -0.15) is 0 Å². The highest BCUT2D eigenvalue weighted by atomic mass is 28.4. The summed E-state index contributed by atoms with van der Waals surface area (Å²) in [6, 6.07) is 0.633. The lowest BCUT2D eigenvalue weighted by Crippen LogP contribution is -2.47. The van der Waals surface area contributed by atoms with E-state index in [1.165, 1.54) is 0 Å². The zero-order chi connectivity index (χ0) is 17.2. The van der Waals surface area contributed by atoms with E-state index in [2.05, 4.69) is 0 Å². The Labute approximate surface area is 142 Å². The maximum Gasteiger partial charge on any atom is 0.505 e. The van der Waals surface area contributed by atoms with Crippen LogP contribution in [0, 0.1) is 0 Å². The minimum absolute atomic E-state index is 0.459. The average Bonchev–Trinajstić information content (AvgIpc) is 2.57. The quantitative estimate of drug-likeness (QED) is 0.228. The highest BCUT2D eigenvalue weighted by Crippen LogP contribution is 2.17. The Balaban J connectivity index is 4.58. The first-order chi connectivity index (χ1) is 11.2. The minimum Gasteiger partial charge on any atom is -0.379 e. The first kappa shape index (κ1) is 22.7. The fourth-order valence-corrected chi connectivity index (χ4v) is 4.08. The molecule has 0 aliphatic carbocycles. The molecule has 0 aromatic heterocycles. The van der Waals surface area contributed by atoms with E-state index in [0.717, 1.165) is 0 Å². The zero-order valence-electron chi connectivity index (χ0n) is 15.2. The minimum atomic E-state index is -2.79. The largest absolute Gasteiger partial charge is 0.505 e. The van der Waals surface area contributed by atoms with Crippen LogP contribution in [0.15, 0.2) is 12.2 Å². The summed E-state index contributed by atoms with van der Waals surface area (Å²) in [6.45, 7) is 12.8. The van der Waals surface area contributed by atoms with Crippen molar-refractivity contribution in [1.82, 2.24) is 0 Å². The van der Waals surface area contributed by atoms with E-state index in [9.17, 15) is 0 Å². The second-order valence-electron chi connectivity index (χ2n) is 4.59. The molecule has 0 heterocycles. The summed E-state index contributed by atoms with van der Waals surface area (Å²) in [5.41, 5.74) is 0. The molecule has 0 spiro atoms. The fourth-order valence-electron chi connectivity index (χ4n) is 1.77. The normalized spacial score (nSPS) is 12.3. The summed E-state index contributed by atoms with van der Waals surface area (Å²) in [5, 5.41) is 0. The lowest BCUT2D eigenvalue weighted by Gasteiger charge is -2.29. The van der Waals surface area contributed by atoms with Crippen molar-refractivity contribution in [1.29, 1.82) is 0 Å². The molecule has 0 atom stereocenters. The molecule has 0 aromatic rings. The molecule has 6 nitrogen and oxygen atoms in total. The van der Waals surface area contributed by atoms with Crippen molar-refractivity contribution in [3.63, 3.8) is 0 Å². The van der Waals surface area contributed by atoms with E-state index in [1.807, 2.05) is 39.8 Å². The van der Waals surface area contributed by atoms with Gasteiger partial charge in [-0.1, -0.05) is 12.2 Å². The van der Waals surface area contributed by atoms with Gasteiger partial charge in [0.1, 0.15) is 0 Å². The highest BCUT2D eigenvalue weighted by molar-refractivity contribution is 6.61. The van der Waals surface area contributed by atoms with Gasteiger partial charge in [-0.15, -0.1) is 0 Å². The van der Waals surface area contributed by atoms with Crippen molar-refractivity contribution in [3.8, 4) is 0 Å². The van der Waals surface area contributed by atoms with Gasteiger partial charge in [-0.3, -0.25) is 0 Å². The first-order valence-corrected chi connectivity index (χ1v) is 10.4. The van der Waals surface area contributed by atoms with Crippen LogP contribution in [0.3, 0.4) is 0 Å². The molecule has 7 heteroatoms. The molecular weight excluding hydrogens is 316 g/mol. The molecule has 0 aliphatic rings. The van der Waals surface area contributed by atoms with E-state index in [-0.39, 0.29) is 0 Å². The van der Waals surface area contributed by atoms with Crippen LogP contribution in [-0.2, 0) is 27.5 Å². The topological polar surface area (TPSA) is 55.4 Å². The molecule has 0 saturated carbocycles. The molecule has 138 valence electrons. The number of hydrogen-bond donors (Lipinski definition) is 0. The number of ether oxygens (including phenoxy) is 3. The van der Waals surface area contributed by atoms with Crippen molar-refractivity contribution in [3.05, 3.63) is 12.2 Å². The van der Waals surface area contributed by atoms with E-state index in [0.29, 0.717) is 65.5 Å². The SMILES string of the molecule is CC=CC[Si](OCCOCC)(OCCOCC)OCCOCC. The van der Waals surface area contributed by atoms with Crippen molar-refractivity contribution < 1.29 is 27.5 Å². The molecule has 0 amide bonds. The summed E-state index contributed by atoms with van der Waals surface area (Å²) < 4.78 is 34.0. The smallest absolute Gasteiger partial charge is 0.379 e. The van der Waals surface area contributed by atoms with E-state index >= 15 is 0 Å². The van der Waals surface area contributed by atoms with Gasteiger partial charge in [-0.05, 0) is 27.7 Å². The molecule has 0 fully saturated rings. The van der Waals surface area contributed by atoms with E-state index in [4.69, 9.17) is 27.5 Å². The van der Waals surface area contributed by atoms with Gasteiger partial charge in [0.25, 0.3) is 0 Å². The van der Waals surface area contributed by atoms with Crippen molar-refractivity contribution in [2.45, 2.75) is 33.7 Å². The van der Waals surface area contributed by atoms with Gasteiger partial charge >= 0.3 is 8.80 Å². The van der Waals surface area contributed by atoms with Crippen LogP contribution in [0.25, 0.3) is 0 Å². The molecular formula is C16H34O6Si. The van der Waals surface area contributed by atoms with Crippen LogP contribution in [-0.4, -0.2) is 68.3 Å².